The number of phenols is 1. The Bertz CT molecular complexity index is 1100. The second-order valence-electron chi connectivity index (χ2n) is 5.54. The average molecular weight is 387 g/mol. The van der Waals surface area contributed by atoms with E-state index in [0.717, 1.165) is 18.2 Å². The number of ketones is 2. The highest BCUT2D eigenvalue weighted by atomic mass is 16.5. The summed E-state index contributed by atoms with van der Waals surface area (Å²) in [7, 11) is 0.131. The molecule has 6 heteroatoms. The Kier molecular flexibility index (Phi) is 5.16. The van der Waals surface area contributed by atoms with E-state index in [1.807, 2.05) is 0 Å². The molecule has 146 valence electrons. The number of allylic oxidation sites excluding steroid dienone is 2. The molecule has 1 N–H and O–H groups in total. The number of ether oxygens (including phenoxy) is 3. The van der Waals surface area contributed by atoms with Gasteiger partial charge in [0.15, 0.2) is 34.6 Å². The van der Waals surface area contributed by atoms with Gasteiger partial charge in [-0.15, -0.1) is 0 Å². The lowest BCUT2D eigenvalue weighted by Crippen LogP contribution is -2.01. The fourth-order valence-corrected chi connectivity index (χ4v) is 2.22. The Hall–Kier alpha value is -3.54. The van der Waals surface area contributed by atoms with E-state index in [1.165, 1.54) is 26.4 Å². The van der Waals surface area contributed by atoms with E-state index in [0.29, 0.717) is 17.1 Å². The van der Waals surface area contributed by atoms with Crippen LogP contribution in [-0.2, 0) is 9.59 Å². The lowest BCUT2D eigenvalue weighted by Gasteiger charge is -2.07. The number of aromatic hydroxyl groups is 1. The molecule has 0 amide bonds. The largest absolute Gasteiger partial charge is 0.504 e. The molecule has 6 nitrogen and oxygen atoms in total. The molecule has 0 spiro atoms. The molecule has 2 aromatic rings. The smallest absolute Gasteiger partial charge is 0.163 e. The lowest BCUT2D eigenvalue weighted by molar-refractivity contribution is -0.121. The molecule has 0 aromatic heterocycles. The first-order valence-corrected chi connectivity index (χ1v) is 8.10. The molecular weight excluding hydrogens is 360 g/mol. The van der Waals surface area contributed by atoms with Crippen molar-refractivity contribution in [3.8, 4) is 23.0 Å². The van der Waals surface area contributed by atoms with Crippen LogP contribution in [0.2, 0.25) is 0 Å². The second-order valence-corrected chi connectivity index (χ2v) is 5.54. The molecule has 0 bridgehead atoms. The zero-order valence-electron chi connectivity index (χ0n) is 20.3. The van der Waals surface area contributed by atoms with Gasteiger partial charge in [-0.3, -0.25) is 9.59 Å². The van der Waals surface area contributed by atoms with Crippen LogP contribution in [-0.4, -0.2) is 37.9 Å². The summed E-state index contributed by atoms with van der Waals surface area (Å²) < 4.78 is 52.1. The zero-order valence-corrected chi connectivity index (χ0v) is 15.3. The van der Waals surface area contributed by atoms with E-state index < -0.39 is 42.9 Å². The predicted molar refractivity (Wildman–Crippen MR) is 107 cm³/mol. The molecule has 0 unspecified atom stereocenters. The van der Waals surface area contributed by atoms with Crippen molar-refractivity contribution in [3.05, 3.63) is 59.6 Å². The minimum absolute atomic E-state index is 0.213. The number of rotatable bonds is 9. The summed E-state index contributed by atoms with van der Waals surface area (Å²) in [6.45, 7) is 0. The number of methoxy groups -OCH3 is 3. The van der Waals surface area contributed by atoms with Gasteiger partial charge in [0, 0.05) is 0 Å². The summed E-state index contributed by atoms with van der Waals surface area (Å²) in [6.07, 6.45) is 1.67. The van der Waals surface area contributed by atoms with Crippen molar-refractivity contribution in [1.29, 1.82) is 0 Å². The van der Waals surface area contributed by atoms with Crippen molar-refractivity contribution in [2.24, 2.45) is 0 Å². The number of hydrogen-bond donors (Lipinski definition) is 1. The van der Waals surface area contributed by atoms with E-state index in [9.17, 15) is 14.7 Å². The van der Waals surface area contributed by atoms with Crippen LogP contribution in [0.1, 0.15) is 24.4 Å². The van der Waals surface area contributed by atoms with Crippen LogP contribution in [0.5, 0.6) is 23.0 Å². The van der Waals surface area contributed by atoms with E-state index >= 15 is 0 Å². The van der Waals surface area contributed by atoms with E-state index in [2.05, 4.69) is 4.74 Å². The molecule has 0 fully saturated rings. The zero-order chi connectivity index (χ0) is 24.8. The fraction of sp³-hybridized carbons (Fsp3) is 0.182. The number of benzene rings is 2. The van der Waals surface area contributed by atoms with Crippen LogP contribution in [0.3, 0.4) is 0 Å². The van der Waals surface area contributed by atoms with Crippen LogP contribution >= 0.6 is 0 Å². The SMILES string of the molecule is [2H]/C(=C\c1ccc(O)c(OC([2H])([2H])[2H])c1)C(=O)CC(=O)/C([2H])=C/c1ccc(OC)c(OC)c1. The van der Waals surface area contributed by atoms with Gasteiger partial charge in [-0.25, -0.2) is 0 Å². The van der Waals surface area contributed by atoms with E-state index in [4.69, 9.17) is 16.3 Å². The standard InChI is InChI=1S/C22H22O6/c1-26-20-11-7-16(13-22(20)28-3)5-9-18(24)14-17(23)8-4-15-6-10-19(25)21(12-15)27-2/h4-13,25H,14H2,1-3H3/b8-4+,9-5+/i2D3,8D,9D. The third kappa shape index (κ3) is 5.74. The quantitative estimate of drug-likeness (QED) is 0.522. The molecule has 2 rings (SSSR count). The van der Waals surface area contributed by atoms with Crippen LogP contribution < -0.4 is 14.2 Å². The van der Waals surface area contributed by atoms with Gasteiger partial charge < -0.3 is 19.3 Å². The van der Waals surface area contributed by atoms with Gasteiger partial charge >= 0.3 is 0 Å². The summed E-state index contributed by atoms with van der Waals surface area (Å²) in [6, 6.07) is 7.49. The van der Waals surface area contributed by atoms with Gasteiger partial charge in [0.2, 0.25) is 0 Å². The Morgan fingerprint density at radius 2 is 1.50 bits per heavy atom. The molecule has 0 radical (unpaired) electrons. The van der Waals surface area contributed by atoms with Crippen molar-refractivity contribution < 1.29 is 35.8 Å². The topological polar surface area (TPSA) is 82.1 Å². The molecule has 0 aliphatic heterocycles. The first kappa shape index (κ1) is 14.5. The first-order chi connectivity index (χ1) is 15.4. The van der Waals surface area contributed by atoms with Crippen LogP contribution in [0.15, 0.2) is 48.5 Å². The van der Waals surface area contributed by atoms with Crippen molar-refractivity contribution in [2.45, 2.75) is 6.42 Å². The van der Waals surface area contributed by atoms with Crippen molar-refractivity contribution in [3.63, 3.8) is 0 Å². The van der Waals surface area contributed by atoms with Crippen molar-refractivity contribution in [1.82, 2.24) is 0 Å². The van der Waals surface area contributed by atoms with Crippen molar-refractivity contribution >= 4 is 23.7 Å². The molecule has 0 saturated carbocycles. The average Bonchev–Trinajstić information content (AvgIpc) is 2.74. The molecular formula is C22H22O6. The third-order valence-corrected chi connectivity index (χ3v) is 3.62. The molecule has 0 heterocycles. The number of hydrogen-bond acceptors (Lipinski definition) is 6. The highest BCUT2D eigenvalue weighted by Crippen LogP contribution is 2.28. The van der Waals surface area contributed by atoms with Crippen molar-refractivity contribution in [2.75, 3.05) is 21.3 Å². The first-order valence-electron chi connectivity index (χ1n) is 10.6. The Balaban J connectivity index is 2.14. The summed E-state index contributed by atoms with van der Waals surface area (Å²) in [5.41, 5.74) is 0.704. The molecule has 0 aliphatic carbocycles. The number of carbonyl (C=O) groups is 2. The van der Waals surface area contributed by atoms with Gasteiger partial charge in [-0.1, -0.05) is 24.3 Å². The Morgan fingerprint density at radius 3 is 2.07 bits per heavy atom. The van der Waals surface area contributed by atoms with Crippen LogP contribution in [0.4, 0.5) is 0 Å². The highest BCUT2D eigenvalue weighted by Gasteiger charge is 2.06. The van der Waals surface area contributed by atoms with Gasteiger partial charge in [-0.2, -0.15) is 0 Å². The number of phenolic OH excluding ortho intramolecular Hbond substituents is 1. The van der Waals surface area contributed by atoms with E-state index in [-0.39, 0.29) is 11.3 Å². The monoisotopic (exact) mass is 387 g/mol. The maximum absolute atomic E-state index is 12.3. The summed E-state index contributed by atoms with van der Waals surface area (Å²) in [5.74, 6) is -1.49. The molecule has 28 heavy (non-hydrogen) atoms. The molecule has 2 aromatic carbocycles. The maximum atomic E-state index is 12.3. The van der Waals surface area contributed by atoms with E-state index in [1.54, 1.807) is 18.2 Å². The molecule has 0 atom stereocenters. The summed E-state index contributed by atoms with van der Waals surface area (Å²) in [5, 5.41) is 9.71. The molecule has 0 aliphatic rings. The minimum atomic E-state index is -2.80. The Morgan fingerprint density at radius 1 is 0.929 bits per heavy atom. The second kappa shape index (κ2) is 9.97. The predicted octanol–water partition coefficient (Wildman–Crippen LogP) is 3.67. The Labute approximate surface area is 170 Å². The highest BCUT2D eigenvalue weighted by molar-refractivity contribution is 6.10. The fourth-order valence-electron chi connectivity index (χ4n) is 2.22. The van der Waals surface area contributed by atoms with Gasteiger partial charge in [0.1, 0.15) is 0 Å². The minimum Gasteiger partial charge on any atom is -0.504 e. The summed E-state index contributed by atoms with van der Waals surface area (Å²) in [4.78, 5) is 24.6. The van der Waals surface area contributed by atoms with Crippen LogP contribution in [0, 0.1) is 0 Å². The van der Waals surface area contributed by atoms with Gasteiger partial charge in [0.25, 0.3) is 0 Å². The normalized spacial score (nSPS) is 14.7. The van der Waals surface area contributed by atoms with Gasteiger partial charge in [-0.05, 0) is 47.5 Å². The maximum Gasteiger partial charge on any atom is 0.163 e. The lowest BCUT2D eigenvalue weighted by atomic mass is 10.1. The molecule has 0 saturated heterocycles. The van der Waals surface area contributed by atoms with Crippen LogP contribution in [0.25, 0.3) is 12.2 Å². The number of carbonyl (C=O) groups excluding carboxylic acids is 2. The van der Waals surface area contributed by atoms with Gasteiger partial charge in [0.05, 0.1) is 34.5 Å². The summed E-state index contributed by atoms with van der Waals surface area (Å²) >= 11 is 0. The third-order valence-electron chi connectivity index (χ3n) is 3.62.